The van der Waals surface area contributed by atoms with E-state index in [1.165, 1.54) is 17.0 Å². The van der Waals surface area contributed by atoms with Gasteiger partial charge in [-0.2, -0.15) is 0 Å². The molecule has 8 nitrogen and oxygen atoms in total. The summed E-state index contributed by atoms with van der Waals surface area (Å²) in [5.74, 6) is -2.78. The highest BCUT2D eigenvalue weighted by Crippen LogP contribution is 2.36. The molecule has 0 spiro atoms. The summed E-state index contributed by atoms with van der Waals surface area (Å²) < 4.78 is 32.4. The molecule has 2 heterocycles. The molecule has 0 radical (unpaired) electrons. The first-order chi connectivity index (χ1) is 14.2. The van der Waals surface area contributed by atoms with Gasteiger partial charge in [-0.1, -0.05) is 6.07 Å². The van der Waals surface area contributed by atoms with E-state index in [4.69, 9.17) is 16.2 Å². The lowest BCUT2D eigenvalue weighted by Crippen LogP contribution is -2.41. The second-order valence-electron chi connectivity index (χ2n) is 6.78. The maximum Gasteiger partial charge on any atom is 0.341 e. The van der Waals surface area contributed by atoms with Crippen molar-refractivity contribution in [2.45, 2.75) is 25.4 Å². The van der Waals surface area contributed by atoms with Gasteiger partial charge in [0.05, 0.1) is 12.1 Å². The van der Waals surface area contributed by atoms with Crippen LogP contribution in [0.4, 0.5) is 23.4 Å². The number of benzene rings is 1. The molecule has 160 valence electrons. The van der Waals surface area contributed by atoms with Crippen LogP contribution in [0.25, 0.3) is 10.4 Å². The predicted octanol–water partition coefficient (Wildman–Crippen LogP) is 3.27. The van der Waals surface area contributed by atoms with Gasteiger partial charge in [0.25, 0.3) is 0 Å². The number of thiophene rings is 1. The summed E-state index contributed by atoms with van der Waals surface area (Å²) in [6.07, 6.45) is 1.47. The zero-order chi connectivity index (χ0) is 21.8. The molecule has 1 aromatic carbocycles. The lowest BCUT2D eigenvalue weighted by atomic mass is 10.1. The van der Waals surface area contributed by atoms with Crippen LogP contribution in [0.3, 0.4) is 0 Å². The summed E-state index contributed by atoms with van der Waals surface area (Å²) in [5, 5.41) is 2.47. The number of halogens is 2. The molecule has 5 N–H and O–H groups in total. The van der Waals surface area contributed by atoms with Crippen molar-refractivity contribution in [2.75, 3.05) is 18.4 Å². The second-order valence-corrected chi connectivity index (χ2v) is 7.83. The van der Waals surface area contributed by atoms with E-state index in [1.807, 2.05) is 0 Å². The number of ether oxygens (including phenoxy) is 1. The van der Waals surface area contributed by atoms with Gasteiger partial charge in [-0.15, -0.1) is 11.3 Å². The number of rotatable bonds is 4. The van der Waals surface area contributed by atoms with E-state index in [1.54, 1.807) is 0 Å². The molecule has 0 saturated carbocycles. The van der Waals surface area contributed by atoms with E-state index < -0.39 is 35.8 Å². The Morgan fingerprint density at radius 2 is 1.90 bits per heavy atom. The number of amides is 4. The Morgan fingerprint density at radius 1 is 1.13 bits per heavy atom. The van der Waals surface area contributed by atoms with Gasteiger partial charge < -0.3 is 21.1 Å². The zero-order valence-electron chi connectivity index (χ0n) is 15.8. The van der Waals surface area contributed by atoms with Crippen LogP contribution < -0.4 is 16.8 Å². The number of nitrogens with one attached hydrogen (secondary N) is 1. The third-order valence-electron chi connectivity index (χ3n) is 4.61. The van der Waals surface area contributed by atoms with Crippen LogP contribution in [0.5, 0.6) is 0 Å². The molecular formula is C19H20F2N4O4S. The first-order valence-electron chi connectivity index (χ1n) is 9.15. The van der Waals surface area contributed by atoms with Gasteiger partial charge in [-0.3, -0.25) is 5.32 Å². The van der Waals surface area contributed by atoms with E-state index in [0.29, 0.717) is 23.4 Å². The average molecular weight is 438 g/mol. The van der Waals surface area contributed by atoms with Gasteiger partial charge in [0, 0.05) is 11.4 Å². The number of nitrogens with two attached hydrogens (primary N) is 2. The molecule has 1 aliphatic heterocycles. The molecule has 30 heavy (non-hydrogen) atoms. The summed E-state index contributed by atoms with van der Waals surface area (Å²) >= 11 is 0.969. The predicted molar refractivity (Wildman–Crippen MR) is 107 cm³/mol. The molecule has 0 aliphatic carbocycles. The van der Waals surface area contributed by atoms with Crippen LogP contribution in [-0.2, 0) is 4.74 Å². The maximum absolute atomic E-state index is 13.6. The number of carbonyl (C=O) groups is 3. The third kappa shape index (κ3) is 5.03. The number of carbonyl (C=O) groups excluding carboxylic acids is 3. The number of hydrogen-bond acceptors (Lipinski definition) is 5. The Balaban J connectivity index is 1.86. The van der Waals surface area contributed by atoms with Crippen LogP contribution in [0, 0.1) is 11.6 Å². The van der Waals surface area contributed by atoms with Crippen LogP contribution in [0.1, 0.15) is 29.6 Å². The largest absolute Gasteiger partial charge is 0.457 e. The molecule has 1 aliphatic rings. The molecule has 4 amide bonds. The number of anilines is 1. The average Bonchev–Trinajstić information content (AvgIpc) is 2.94. The normalized spacial score (nSPS) is 16.6. The van der Waals surface area contributed by atoms with E-state index in [2.05, 4.69) is 5.32 Å². The van der Waals surface area contributed by atoms with Crippen molar-refractivity contribution in [1.82, 2.24) is 4.90 Å². The number of nitrogens with zero attached hydrogens (tertiary/aromatic N) is 1. The lowest BCUT2D eigenvalue weighted by Gasteiger charge is -2.22. The maximum atomic E-state index is 13.6. The third-order valence-corrected chi connectivity index (χ3v) is 5.71. The molecule has 11 heteroatoms. The molecular weight excluding hydrogens is 418 g/mol. The molecule has 1 unspecified atom stereocenters. The van der Waals surface area contributed by atoms with Crippen molar-refractivity contribution in [1.29, 1.82) is 0 Å². The van der Waals surface area contributed by atoms with Gasteiger partial charge >= 0.3 is 18.0 Å². The van der Waals surface area contributed by atoms with Crippen molar-refractivity contribution in [3.63, 3.8) is 0 Å². The molecule has 0 bridgehead atoms. The van der Waals surface area contributed by atoms with Crippen LogP contribution in [0.15, 0.2) is 24.3 Å². The molecule has 1 fully saturated rings. The highest BCUT2D eigenvalue weighted by Gasteiger charge is 2.26. The van der Waals surface area contributed by atoms with Crippen molar-refractivity contribution >= 4 is 34.4 Å². The first-order valence-corrected chi connectivity index (χ1v) is 9.97. The highest BCUT2D eigenvalue weighted by molar-refractivity contribution is 7.20. The lowest BCUT2D eigenvalue weighted by molar-refractivity contribution is 0.0242. The number of primary amides is 2. The van der Waals surface area contributed by atoms with Crippen molar-refractivity contribution in [3.8, 4) is 10.4 Å². The number of likely N-dealkylation sites (tertiary alicyclic amines) is 1. The summed E-state index contributed by atoms with van der Waals surface area (Å²) in [6, 6.07) is 3.23. The zero-order valence-corrected chi connectivity index (χ0v) is 16.6. The summed E-state index contributed by atoms with van der Waals surface area (Å²) in [4.78, 5) is 37.4. The fourth-order valence-electron chi connectivity index (χ4n) is 3.15. The Kier molecular flexibility index (Phi) is 6.50. The smallest absolute Gasteiger partial charge is 0.341 e. The van der Waals surface area contributed by atoms with Gasteiger partial charge in [-0.25, -0.2) is 23.2 Å². The Morgan fingerprint density at radius 3 is 2.57 bits per heavy atom. The Hall–Kier alpha value is -3.21. The molecule has 1 atom stereocenters. The second kappa shape index (κ2) is 9.08. The first kappa shape index (κ1) is 21.5. The fourth-order valence-corrected chi connectivity index (χ4v) is 4.20. The van der Waals surface area contributed by atoms with Crippen molar-refractivity contribution < 1.29 is 27.9 Å². The number of urea groups is 2. The summed E-state index contributed by atoms with van der Waals surface area (Å²) in [6.45, 7) is 0.649. The molecule has 2 aromatic rings. The monoisotopic (exact) mass is 438 g/mol. The van der Waals surface area contributed by atoms with Gasteiger partial charge in [0.2, 0.25) is 0 Å². The van der Waals surface area contributed by atoms with E-state index in [9.17, 15) is 23.2 Å². The molecule has 3 rings (SSSR count). The van der Waals surface area contributed by atoms with Crippen LogP contribution in [-0.4, -0.2) is 42.1 Å². The van der Waals surface area contributed by atoms with E-state index >= 15 is 0 Å². The molecule has 1 aromatic heterocycles. The topological polar surface area (TPSA) is 128 Å². The minimum atomic E-state index is -1.04. The minimum absolute atomic E-state index is 0.0217. The van der Waals surface area contributed by atoms with Gasteiger partial charge in [0.15, 0.2) is 11.6 Å². The fraction of sp³-hybridized carbons (Fsp3) is 0.316. The SMILES string of the molecule is NC(=O)Nc1sc(-c2ccc(F)c(F)c2)cc1C(=O)OC1CCCCN(C(N)=O)C1. The van der Waals surface area contributed by atoms with Crippen molar-refractivity contribution in [2.24, 2.45) is 11.5 Å². The minimum Gasteiger partial charge on any atom is -0.457 e. The Bertz CT molecular complexity index is 981. The molecule has 1 saturated heterocycles. The number of hydrogen-bond donors (Lipinski definition) is 3. The van der Waals surface area contributed by atoms with Crippen molar-refractivity contribution in [3.05, 3.63) is 41.5 Å². The van der Waals surface area contributed by atoms with E-state index in [-0.39, 0.29) is 17.1 Å². The quantitative estimate of drug-likeness (QED) is 0.633. The Labute approximate surface area is 174 Å². The van der Waals surface area contributed by atoms with E-state index in [0.717, 1.165) is 36.3 Å². The van der Waals surface area contributed by atoms with Gasteiger partial charge in [-0.05, 0) is 43.0 Å². The highest BCUT2D eigenvalue weighted by atomic mass is 32.1. The standard InChI is InChI=1S/C19H20F2N4O4S/c20-13-5-4-10(7-14(13)21)15-8-12(16(30-15)24-18(22)27)17(26)29-11-3-1-2-6-25(9-11)19(23)28/h4-5,7-8,11H,1-3,6,9H2,(H2,23,28)(H3,22,24,27). The van der Waals surface area contributed by atoms with Crippen LogP contribution in [0.2, 0.25) is 0 Å². The summed E-state index contributed by atoms with van der Waals surface area (Å²) in [7, 11) is 0. The van der Waals surface area contributed by atoms with Gasteiger partial charge in [0.1, 0.15) is 11.1 Å². The number of esters is 1. The van der Waals surface area contributed by atoms with Crippen LogP contribution >= 0.6 is 11.3 Å². The summed E-state index contributed by atoms with van der Waals surface area (Å²) in [5.41, 5.74) is 10.9.